The summed E-state index contributed by atoms with van der Waals surface area (Å²) in [5.41, 5.74) is 0.796. The summed E-state index contributed by atoms with van der Waals surface area (Å²) in [5.74, 6) is 0.767. The van der Waals surface area contributed by atoms with Crippen molar-refractivity contribution in [2.75, 3.05) is 58.2 Å². The van der Waals surface area contributed by atoms with Gasteiger partial charge in [-0.25, -0.2) is 4.79 Å². The zero-order chi connectivity index (χ0) is 18.5. The molecule has 0 aromatic heterocycles. The Bertz CT molecular complexity index is 574. The van der Waals surface area contributed by atoms with Gasteiger partial charge in [-0.3, -0.25) is 0 Å². The number of aliphatic hydroxyl groups is 1. The van der Waals surface area contributed by atoms with Crippen LogP contribution >= 0.6 is 0 Å². The number of rotatable bonds is 5. The van der Waals surface area contributed by atoms with Crippen LogP contribution in [0, 0.1) is 11.8 Å². The molecule has 0 spiro atoms. The summed E-state index contributed by atoms with van der Waals surface area (Å²) in [6.45, 7) is 8.21. The zero-order valence-electron chi connectivity index (χ0n) is 16.0. The first-order valence-corrected chi connectivity index (χ1v) is 9.76. The predicted octanol–water partition coefficient (Wildman–Crippen LogP) is 1.78. The number of likely N-dealkylation sites (N-methyl/N-ethyl adjacent to an activating group) is 1. The number of carbonyl (C=O) groups excluding carboxylic acids is 1. The Kier molecular flexibility index (Phi) is 6.51. The van der Waals surface area contributed by atoms with Crippen molar-refractivity contribution < 1.29 is 9.90 Å². The number of hydrogen-bond donors (Lipinski definition) is 2. The van der Waals surface area contributed by atoms with Gasteiger partial charge in [0.25, 0.3) is 0 Å². The number of nitrogens with one attached hydrogen (secondary N) is 1. The van der Waals surface area contributed by atoms with E-state index in [2.05, 4.69) is 29.1 Å². The van der Waals surface area contributed by atoms with Gasteiger partial charge in [-0.05, 0) is 31.0 Å². The van der Waals surface area contributed by atoms with Crippen molar-refractivity contribution in [2.24, 2.45) is 11.8 Å². The first-order chi connectivity index (χ1) is 12.6. The minimum Gasteiger partial charge on any atom is -0.394 e. The highest BCUT2D eigenvalue weighted by molar-refractivity contribution is 5.89. The van der Waals surface area contributed by atoms with Crippen LogP contribution in [0.5, 0.6) is 0 Å². The van der Waals surface area contributed by atoms with E-state index < -0.39 is 0 Å². The van der Waals surface area contributed by atoms with E-state index in [4.69, 9.17) is 0 Å². The first-order valence-electron chi connectivity index (χ1n) is 9.76. The molecule has 6 heteroatoms. The van der Waals surface area contributed by atoms with Gasteiger partial charge in [0.05, 0.1) is 12.6 Å². The van der Waals surface area contributed by atoms with Crippen LogP contribution in [-0.2, 0) is 0 Å². The van der Waals surface area contributed by atoms with Crippen molar-refractivity contribution in [2.45, 2.75) is 19.4 Å². The van der Waals surface area contributed by atoms with Crippen molar-refractivity contribution in [1.29, 1.82) is 0 Å². The molecule has 0 saturated carbocycles. The number of nitrogens with zero attached hydrogens (tertiary/aromatic N) is 3. The van der Waals surface area contributed by atoms with Crippen LogP contribution in [0.4, 0.5) is 10.5 Å². The molecule has 2 saturated heterocycles. The standard InChI is InChI=1S/C20H32N4O2/c1-3-16-13-24(20(26)21-17-7-5-4-6-8-17)19(15-25)18(16)14-23-11-9-22(2)10-12-23/h4-8,16,18-19,25H,3,9-15H2,1-2H3,(H,21,26)/t16-,18-,19-/m1/s1. The van der Waals surface area contributed by atoms with Crippen LogP contribution < -0.4 is 5.32 Å². The first kappa shape index (κ1) is 19.1. The van der Waals surface area contributed by atoms with E-state index in [1.807, 2.05) is 35.2 Å². The quantitative estimate of drug-likeness (QED) is 0.840. The monoisotopic (exact) mass is 360 g/mol. The van der Waals surface area contributed by atoms with Gasteiger partial charge in [0.1, 0.15) is 0 Å². The minimum absolute atomic E-state index is 0.0249. The van der Waals surface area contributed by atoms with Gasteiger partial charge in [-0.15, -0.1) is 0 Å². The molecule has 3 rings (SSSR count). The lowest BCUT2D eigenvalue weighted by Crippen LogP contribution is -2.49. The normalized spacial score (nSPS) is 27.7. The molecule has 144 valence electrons. The Labute approximate surface area is 156 Å². The Morgan fingerprint density at radius 2 is 1.88 bits per heavy atom. The molecule has 1 aromatic carbocycles. The van der Waals surface area contributed by atoms with Crippen LogP contribution in [0.3, 0.4) is 0 Å². The second-order valence-electron chi connectivity index (χ2n) is 7.63. The molecule has 0 aliphatic carbocycles. The lowest BCUT2D eigenvalue weighted by Gasteiger charge is -2.36. The van der Waals surface area contributed by atoms with Crippen molar-refractivity contribution in [3.8, 4) is 0 Å². The largest absolute Gasteiger partial charge is 0.394 e. The fourth-order valence-corrected chi connectivity index (χ4v) is 4.28. The van der Waals surface area contributed by atoms with Gasteiger partial charge < -0.3 is 25.1 Å². The SMILES string of the molecule is CC[C@@H]1CN(C(=O)Nc2ccccc2)[C@H](CO)[C@@H]1CN1CCN(C)CC1. The molecule has 0 bridgehead atoms. The van der Waals surface area contributed by atoms with Crippen LogP contribution in [0.2, 0.25) is 0 Å². The number of aliphatic hydroxyl groups excluding tert-OH is 1. The summed E-state index contributed by atoms with van der Waals surface area (Å²) in [7, 11) is 2.16. The van der Waals surface area contributed by atoms with E-state index in [1.54, 1.807) is 0 Å². The van der Waals surface area contributed by atoms with Gasteiger partial charge >= 0.3 is 6.03 Å². The van der Waals surface area contributed by atoms with Crippen molar-refractivity contribution in [1.82, 2.24) is 14.7 Å². The molecule has 2 fully saturated rings. The van der Waals surface area contributed by atoms with Crippen LogP contribution in [0.25, 0.3) is 0 Å². The molecule has 0 unspecified atom stereocenters. The maximum Gasteiger partial charge on any atom is 0.322 e. The van der Waals surface area contributed by atoms with Crippen molar-refractivity contribution >= 4 is 11.7 Å². The van der Waals surface area contributed by atoms with Gasteiger partial charge in [-0.2, -0.15) is 0 Å². The fourth-order valence-electron chi connectivity index (χ4n) is 4.28. The Balaban J connectivity index is 1.66. The molecule has 2 heterocycles. The number of likely N-dealkylation sites (tertiary alicyclic amines) is 1. The van der Waals surface area contributed by atoms with Crippen LogP contribution in [-0.4, -0.2) is 84.8 Å². The van der Waals surface area contributed by atoms with Crippen molar-refractivity contribution in [3.05, 3.63) is 30.3 Å². The molecule has 26 heavy (non-hydrogen) atoms. The summed E-state index contributed by atoms with van der Waals surface area (Å²) >= 11 is 0. The molecule has 1 aromatic rings. The second-order valence-corrected chi connectivity index (χ2v) is 7.63. The van der Waals surface area contributed by atoms with Crippen LogP contribution in [0.1, 0.15) is 13.3 Å². The average Bonchev–Trinajstić information content (AvgIpc) is 3.02. The Morgan fingerprint density at radius 1 is 1.19 bits per heavy atom. The Hall–Kier alpha value is -1.63. The van der Waals surface area contributed by atoms with E-state index in [0.29, 0.717) is 11.8 Å². The van der Waals surface area contributed by atoms with Gasteiger partial charge in [0, 0.05) is 45.0 Å². The molecule has 0 radical (unpaired) electrons. The van der Waals surface area contributed by atoms with E-state index in [1.165, 1.54) is 0 Å². The number of amides is 2. The smallest absolute Gasteiger partial charge is 0.322 e. The molecule has 2 aliphatic rings. The molecule has 2 N–H and O–H groups in total. The number of para-hydroxylation sites is 1. The molecule has 6 nitrogen and oxygen atoms in total. The third-order valence-electron chi connectivity index (χ3n) is 5.99. The molecular formula is C20H32N4O2. The molecule has 3 atom stereocenters. The summed E-state index contributed by atoms with van der Waals surface area (Å²) in [4.78, 5) is 19.5. The highest BCUT2D eigenvalue weighted by Crippen LogP contribution is 2.33. The van der Waals surface area contributed by atoms with Gasteiger partial charge in [-0.1, -0.05) is 31.5 Å². The Morgan fingerprint density at radius 3 is 2.50 bits per heavy atom. The minimum atomic E-state index is -0.108. The van der Waals surface area contributed by atoms with Crippen molar-refractivity contribution in [3.63, 3.8) is 0 Å². The summed E-state index contributed by atoms with van der Waals surface area (Å²) in [6.07, 6.45) is 1.03. The average molecular weight is 361 g/mol. The maximum atomic E-state index is 12.8. The highest BCUT2D eigenvalue weighted by atomic mass is 16.3. The van der Waals surface area contributed by atoms with E-state index in [-0.39, 0.29) is 18.7 Å². The number of urea groups is 1. The van der Waals surface area contributed by atoms with Gasteiger partial charge in [0.15, 0.2) is 0 Å². The number of anilines is 1. The van der Waals surface area contributed by atoms with E-state index >= 15 is 0 Å². The topological polar surface area (TPSA) is 59.1 Å². The lowest BCUT2D eigenvalue weighted by molar-refractivity contribution is 0.0967. The second kappa shape index (κ2) is 8.84. The molecule has 2 amide bonds. The van der Waals surface area contributed by atoms with E-state index in [0.717, 1.165) is 51.4 Å². The molecular weight excluding hydrogens is 328 g/mol. The van der Waals surface area contributed by atoms with E-state index in [9.17, 15) is 9.90 Å². The zero-order valence-corrected chi connectivity index (χ0v) is 16.0. The number of piperazine rings is 1. The summed E-state index contributed by atoms with van der Waals surface area (Å²) < 4.78 is 0. The van der Waals surface area contributed by atoms with Gasteiger partial charge in [0.2, 0.25) is 0 Å². The number of carbonyl (C=O) groups is 1. The summed E-state index contributed by atoms with van der Waals surface area (Å²) in [5, 5.41) is 13.0. The fraction of sp³-hybridized carbons (Fsp3) is 0.650. The molecule has 2 aliphatic heterocycles. The number of benzene rings is 1. The maximum absolute atomic E-state index is 12.8. The third kappa shape index (κ3) is 4.37. The number of hydrogen-bond acceptors (Lipinski definition) is 4. The van der Waals surface area contributed by atoms with Crippen LogP contribution in [0.15, 0.2) is 30.3 Å². The summed E-state index contributed by atoms with van der Waals surface area (Å²) in [6, 6.07) is 9.32. The third-order valence-corrected chi connectivity index (χ3v) is 5.99. The highest BCUT2D eigenvalue weighted by Gasteiger charge is 2.43. The lowest BCUT2D eigenvalue weighted by atomic mass is 9.88. The predicted molar refractivity (Wildman–Crippen MR) is 104 cm³/mol.